The van der Waals surface area contributed by atoms with Crippen molar-refractivity contribution in [2.75, 3.05) is 61.2 Å². The number of amides is 1. The molecule has 0 rings (SSSR count). The van der Waals surface area contributed by atoms with Crippen LogP contribution in [0.15, 0.2) is 0 Å². The number of hydrogen-bond acceptors (Lipinski definition) is 4. The number of rotatable bonds is 9. The minimum atomic E-state index is 0.155. The Kier molecular flexibility index (Phi) is 9.18. The number of hydrogen-bond donors (Lipinski definition) is 0. The van der Waals surface area contributed by atoms with Crippen LogP contribution in [0.3, 0.4) is 0 Å². The van der Waals surface area contributed by atoms with Crippen molar-refractivity contribution in [3.05, 3.63) is 0 Å². The first-order valence-corrected chi connectivity index (χ1v) is 5.52. The molecule has 0 saturated carbocycles. The average Bonchev–Trinajstić information content (AvgIpc) is 2.26. The zero-order valence-corrected chi connectivity index (χ0v) is 10.9. The van der Waals surface area contributed by atoms with Gasteiger partial charge in [-0.05, 0) is 14.1 Å². The largest absolute Gasteiger partial charge is 0.383 e. The molecule has 0 aromatic rings. The third-order valence-corrected chi connectivity index (χ3v) is 2.26. The first-order chi connectivity index (χ1) is 7.61. The molecule has 0 aliphatic carbocycles. The number of nitrogens with zero attached hydrogens (tertiary/aromatic N) is 2. The third-order valence-electron chi connectivity index (χ3n) is 2.26. The van der Waals surface area contributed by atoms with Gasteiger partial charge in [0.2, 0.25) is 5.91 Å². The van der Waals surface area contributed by atoms with Crippen molar-refractivity contribution in [3.63, 3.8) is 0 Å². The van der Waals surface area contributed by atoms with Gasteiger partial charge in [0.15, 0.2) is 0 Å². The SMILES string of the molecule is COCCN(CCOC)C(=O)CCN(C)C. The highest BCUT2D eigenvalue weighted by molar-refractivity contribution is 5.76. The van der Waals surface area contributed by atoms with E-state index in [1.165, 1.54) is 0 Å². The monoisotopic (exact) mass is 232 g/mol. The zero-order valence-electron chi connectivity index (χ0n) is 10.9. The van der Waals surface area contributed by atoms with Gasteiger partial charge in [-0.1, -0.05) is 0 Å². The Labute approximate surface area is 98.3 Å². The number of ether oxygens (including phenoxy) is 2. The zero-order chi connectivity index (χ0) is 12.4. The minimum absolute atomic E-state index is 0.155. The van der Waals surface area contributed by atoms with E-state index in [9.17, 15) is 4.79 Å². The van der Waals surface area contributed by atoms with Crippen molar-refractivity contribution in [1.29, 1.82) is 0 Å². The Morgan fingerprint density at radius 3 is 1.88 bits per heavy atom. The van der Waals surface area contributed by atoms with Crippen LogP contribution in [0.4, 0.5) is 0 Å². The van der Waals surface area contributed by atoms with Crippen molar-refractivity contribution < 1.29 is 14.3 Å². The van der Waals surface area contributed by atoms with Crippen LogP contribution < -0.4 is 0 Å². The Hall–Kier alpha value is -0.650. The first-order valence-electron chi connectivity index (χ1n) is 5.52. The lowest BCUT2D eigenvalue weighted by molar-refractivity contribution is -0.132. The van der Waals surface area contributed by atoms with Crippen LogP contribution >= 0.6 is 0 Å². The van der Waals surface area contributed by atoms with E-state index in [0.717, 1.165) is 6.54 Å². The molecule has 0 bridgehead atoms. The minimum Gasteiger partial charge on any atom is -0.383 e. The van der Waals surface area contributed by atoms with E-state index in [2.05, 4.69) is 0 Å². The molecule has 0 fully saturated rings. The van der Waals surface area contributed by atoms with Gasteiger partial charge in [-0.25, -0.2) is 0 Å². The molecule has 96 valence electrons. The van der Waals surface area contributed by atoms with Gasteiger partial charge in [-0.15, -0.1) is 0 Å². The summed E-state index contributed by atoms with van der Waals surface area (Å²) in [4.78, 5) is 15.6. The normalized spacial score (nSPS) is 10.8. The summed E-state index contributed by atoms with van der Waals surface area (Å²) in [6.07, 6.45) is 0.542. The molecule has 0 N–H and O–H groups in total. The molecule has 0 aromatic carbocycles. The molecular weight excluding hydrogens is 208 g/mol. The van der Waals surface area contributed by atoms with Gasteiger partial charge in [-0.2, -0.15) is 0 Å². The van der Waals surface area contributed by atoms with Gasteiger partial charge in [0.05, 0.1) is 13.2 Å². The van der Waals surface area contributed by atoms with Crippen molar-refractivity contribution in [2.24, 2.45) is 0 Å². The number of methoxy groups -OCH3 is 2. The lowest BCUT2D eigenvalue weighted by Crippen LogP contribution is -2.37. The van der Waals surface area contributed by atoms with E-state index in [1.807, 2.05) is 19.0 Å². The Bertz CT molecular complexity index is 178. The third kappa shape index (κ3) is 7.62. The van der Waals surface area contributed by atoms with Gasteiger partial charge in [0.1, 0.15) is 0 Å². The van der Waals surface area contributed by atoms with E-state index in [-0.39, 0.29) is 5.91 Å². The summed E-state index contributed by atoms with van der Waals surface area (Å²) in [7, 11) is 7.20. The molecule has 0 saturated heterocycles. The summed E-state index contributed by atoms with van der Waals surface area (Å²) >= 11 is 0. The fourth-order valence-corrected chi connectivity index (χ4v) is 1.24. The lowest BCUT2D eigenvalue weighted by atomic mass is 10.3. The Balaban J connectivity index is 3.98. The van der Waals surface area contributed by atoms with Gasteiger partial charge < -0.3 is 19.3 Å². The highest BCUT2D eigenvalue weighted by atomic mass is 16.5. The number of carbonyl (C=O) groups excluding carboxylic acids is 1. The van der Waals surface area contributed by atoms with E-state index >= 15 is 0 Å². The molecule has 0 aliphatic heterocycles. The van der Waals surface area contributed by atoms with Crippen molar-refractivity contribution in [2.45, 2.75) is 6.42 Å². The molecule has 0 aromatic heterocycles. The standard InChI is InChI=1S/C11H24N2O3/c1-12(2)6-5-11(14)13(7-9-15-3)8-10-16-4/h5-10H2,1-4H3. The Morgan fingerprint density at radius 1 is 1.00 bits per heavy atom. The maximum atomic E-state index is 11.8. The van der Waals surface area contributed by atoms with E-state index in [0.29, 0.717) is 32.7 Å². The van der Waals surface area contributed by atoms with Gasteiger partial charge in [-0.3, -0.25) is 4.79 Å². The molecule has 0 heterocycles. The first kappa shape index (κ1) is 15.3. The topological polar surface area (TPSA) is 42.0 Å². The molecule has 1 amide bonds. The smallest absolute Gasteiger partial charge is 0.224 e. The summed E-state index contributed by atoms with van der Waals surface area (Å²) < 4.78 is 9.97. The van der Waals surface area contributed by atoms with Crippen molar-refractivity contribution >= 4 is 5.91 Å². The molecule has 0 spiro atoms. The molecule has 5 heteroatoms. The fraction of sp³-hybridized carbons (Fsp3) is 0.909. The molecule has 0 atom stereocenters. The molecule has 0 aliphatic rings. The second kappa shape index (κ2) is 9.57. The molecule has 0 radical (unpaired) electrons. The molecule has 16 heavy (non-hydrogen) atoms. The van der Waals surface area contributed by atoms with Crippen LogP contribution in [0.25, 0.3) is 0 Å². The maximum Gasteiger partial charge on any atom is 0.224 e. The summed E-state index contributed by atoms with van der Waals surface area (Å²) in [6, 6.07) is 0. The van der Waals surface area contributed by atoms with E-state index < -0.39 is 0 Å². The predicted molar refractivity (Wildman–Crippen MR) is 63.5 cm³/mol. The second-order valence-corrected chi connectivity index (χ2v) is 3.92. The van der Waals surface area contributed by atoms with Crippen LogP contribution in [-0.2, 0) is 14.3 Å². The van der Waals surface area contributed by atoms with Crippen LogP contribution in [0.1, 0.15) is 6.42 Å². The second-order valence-electron chi connectivity index (χ2n) is 3.92. The maximum absolute atomic E-state index is 11.8. The molecule has 0 unspecified atom stereocenters. The van der Waals surface area contributed by atoms with Crippen LogP contribution in [0, 0.1) is 0 Å². The van der Waals surface area contributed by atoms with Crippen LogP contribution in [-0.4, -0.2) is 76.9 Å². The van der Waals surface area contributed by atoms with Crippen LogP contribution in [0.2, 0.25) is 0 Å². The number of carbonyl (C=O) groups is 1. The highest BCUT2D eigenvalue weighted by Gasteiger charge is 2.12. The average molecular weight is 232 g/mol. The van der Waals surface area contributed by atoms with E-state index in [1.54, 1.807) is 19.1 Å². The lowest BCUT2D eigenvalue weighted by Gasteiger charge is -2.22. The van der Waals surface area contributed by atoms with Crippen molar-refractivity contribution in [3.8, 4) is 0 Å². The Morgan fingerprint density at radius 2 is 1.50 bits per heavy atom. The predicted octanol–water partition coefficient (Wildman–Crippen LogP) is 0.0595. The summed E-state index contributed by atoms with van der Waals surface area (Å²) in [5.74, 6) is 0.155. The van der Waals surface area contributed by atoms with Gasteiger partial charge in [0, 0.05) is 40.3 Å². The summed E-state index contributed by atoms with van der Waals surface area (Å²) in [5, 5.41) is 0. The van der Waals surface area contributed by atoms with Gasteiger partial charge in [0.25, 0.3) is 0 Å². The van der Waals surface area contributed by atoms with Crippen LogP contribution in [0.5, 0.6) is 0 Å². The quantitative estimate of drug-likeness (QED) is 0.564. The summed E-state index contributed by atoms with van der Waals surface area (Å²) in [5.41, 5.74) is 0. The fourth-order valence-electron chi connectivity index (χ4n) is 1.24. The molecule has 5 nitrogen and oxygen atoms in total. The summed E-state index contributed by atoms with van der Waals surface area (Å²) in [6.45, 7) is 3.17. The van der Waals surface area contributed by atoms with Crippen molar-refractivity contribution in [1.82, 2.24) is 9.80 Å². The highest BCUT2D eigenvalue weighted by Crippen LogP contribution is 1.96. The van der Waals surface area contributed by atoms with Gasteiger partial charge >= 0.3 is 0 Å². The molecular formula is C11H24N2O3. The van der Waals surface area contributed by atoms with E-state index in [4.69, 9.17) is 9.47 Å².